The van der Waals surface area contributed by atoms with E-state index in [2.05, 4.69) is 63.0 Å². The van der Waals surface area contributed by atoms with E-state index >= 15 is 0 Å². The van der Waals surface area contributed by atoms with E-state index in [4.69, 9.17) is 0 Å². The number of rotatable bonds is 3. The number of nitrogens with zero attached hydrogens (tertiary/aromatic N) is 2. The molecule has 3 aromatic rings. The second-order valence-electron chi connectivity index (χ2n) is 5.00. The Morgan fingerprint density at radius 3 is 2.80 bits per heavy atom. The minimum Gasteiger partial charge on any atom is -0.341 e. The van der Waals surface area contributed by atoms with Gasteiger partial charge in [0, 0.05) is 18.1 Å². The van der Waals surface area contributed by atoms with Crippen LogP contribution < -0.4 is 4.90 Å². The predicted molar refractivity (Wildman–Crippen MR) is 87.1 cm³/mol. The lowest BCUT2D eigenvalue weighted by Crippen LogP contribution is -2.18. The predicted octanol–water partition coefficient (Wildman–Crippen LogP) is 4.27. The number of para-hydroxylation sites is 2. The largest absolute Gasteiger partial charge is 0.341 e. The first-order valence-electron chi connectivity index (χ1n) is 6.54. The maximum atomic E-state index is 4.62. The Morgan fingerprint density at radius 2 is 2.00 bits per heavy atom. The van der Waals surface area contributed by atoms with Gasteiger partial charge in [-0.05, 0) is 42.3 Å². The molecule has 0 unspecified atom stereocenters. The van der Waals surface area contributed by atoms with Crippen molar-refractivity contribution in [2.75, 3.05) is 11.9 Å². The minimum absolute atomic E-state index is 0.824. The summed E-state index contributed by atoms with van der Waals surface area (Å²) in [6, 6.07) is 14.5. The van der Waals surface area contributed by atoms with Crippen molar-refractivity contribution in [3.05, 3.63) is 58.1 Å². The molecule has 20 heavy (non-hydrogen) atoms. The van der Waals surface area contributed by atoms with Crippen molar-refractivity contribution in [2.45, 2.75) is 13.5 Å². The van der Waals surface area contributed by atoms with E-state index in [0.29, 0.717) is 0 Å². The highest BCUT2D eigenvalue weighted by Crippen LogP contribution is 2.21. The summed E-state index contributed by atoms with van der Waals surface area (Å²) in [5.41, 5.74) is 4.65. The van der Waals surface area contributed by atoms with Gasteiger partial charge < -0.3 is 9.88 Å². The van der Waals surface area contributed by atoms with E-state index in [-0.39, 0.29) is 0 Å². The topological polar surface area (TPSA) is 31.9 Å². The number of fused-ring (bicyclic) bond motifs is 1. The van der Waals surface area contributed by atoms with Gasteiger partial charge in [-0.1, -0.05) is 34.1 Å². The summed E-state index contributed by atoms with van der Waals surface area (Å²) in [4.78, 5) is 10.1. The molecular formula is C16H16BrN3. The third-order valence-corrected chi connectivity index (χ3v) is 3.95. The van der Waals surface area contributed by atoms with E-state index in [9.17, 15) is 0 Å². The highest BCUT2D eigenvalue weighted by atomic mass is 79.9. The first-order chi connectivity index (χ1) is 9.63. The van der Waals surface area contributed by atoms with Crippen LogP contribution in [0.15, 0.2) is 46.9 Å². The maximum Gasteiger partial charge on any atom is 0.203 e. The molecule has 0 aliphatic carbocycles. The zero-order chi connectivity index (χ0) is 14.1. The summed E-state index contributed by atoms with van der Waals surface area (Å²) < 4.78 is 1.11. The van der Waals surface area contributed by atoms with Crippen LogP contribution in [0.25, 0.3) is 11.0 Å². The van der Waals surface area contributed by atoms with Crippen LogP contribution in [0.2, 0.25) is 0 Å². The lowest BCUT2D eigenvalue weighted by atomic mass is 10.1. The summed E-state index contributed by atoms with van der Waals surface area (Å²) in [7, 11) is 2.05. The molecule has 2 aromatic carbocycles. The smallest absolute Gasteiger partial charge is 0.203 e. The molecule has 1 N–H and O–H groups in total. The van der Waals surface area contributed by atoms with Crippen molar-refractivity contribution in [3.8, 4) is 0 Å². The molecule has 3 rings (SSSR count). The number of halogens is 1. The number of aromatic amines is 1. The monoisotopic (exact) mass is 329 g/mol. The fraction of sp³-hybridized carbons (Fsp3) is 0.188. The Morgan fingerprint density at radius 1 is 1.20 bits per heavy atom. The van der Waals surface area contributed by atoms with Crippen molar-refractivity contribution >= 4 is 32.9 Å². The molecule has 4 heteroatoms. The number of nitrogens with one attached hydrogen (secondary N) is 1. The molecule has 102 valence electrons. The molecule has 3 nitrogen and oxygen atoms in total. The lowest BCUT2D eigenvalue weighted by Gasteiger charge is -2.17. The van der Waals surface area contributed by atoms with Crippen LogP contribution in [-0.2, 0) is 6.54 Å². The number of hydrogen-bond donors (Lipinski definition) is 1. The Bertz CT molecular complexity index is 715. The molecule has 0 saturated carbocycles. The van der Waals surface area contributed by atoms with Crippen molar-refractivity contribution in [3.63, 3.8) is 0 Å². The summed E-state index contributed by atoms with van der Waals surface area (Å²) in [5, 5.41) is 0. The molecule has 1 heterocycles. The van der Waals surface area contributed by atoms with Crippen LogP contribution in [0, 0.1) is 6.92 Å². The minimum atomic E-state index is 0.824. The second kappa shape index (κ2) is 5.29. The van der Waals surface area contributed by atoms with E-state index in [1.54, 1.807) is 0 Å². The molecule has 1 aromatic heterocycles. The molecule has 0 atom stereocenters. The first-order valence-corrected chi connectivity index (χ1v) is 7.34. The fourth-order valence-electron chi connectivity index (χ4n) is 2.26. The van der Waals surface area contributed by atoms with Gasteiger partial charge in [0.25, 0.3) is 0 Å². The molecule has 0 aliphatic heterocycles. The highest BCUT2D eigenvalue weighted by Gasteiger charge is 2.09. The summed E-state index contributed by atoms with van der Waals surface area (Å²) in [6.45, 7) is 2.96. The van der Waals surface area contributed by atoms with Crippen LogP contribution >= 0.6 is 15.9 Å². The molecule has 0 bridgehead atoms. The number of benzene rings is 2. The molecule has 0 spiro atoms. The Hall–Kier alpha value is -1.81. The van der Waals surface area contributed by atoms with Crippen LogP contribution in [-0.4, -0.2) is 17.0 Å². The average Bonchev–Trinajstić information content (AvgIpc) is 2.87. The normalized spacial score (nSPS) is 10.9. The van der Waals surface area contributed by atoms with Crippen LogP contribution in [0.3, 0.4) is 0 Å². The average molecular weight is 330 g/mol. The summed E-state index contributed by atoms with van der Waals surface area (Å²) >= 11 is 3.53. The number of aryl methyl sites for hydroxylation is 1. The third kappa shape index (κ3) is 2.56. The van der Waals surface area contributed by atoms with Gasteiger partial charge in [0.15, 0.2) is 0 Å². The summed E-state index contributed by atoms with van der Waals surface area (Å²) in [5.74, 6) is 0.894. The van der Waals surface area contributed by atoms with Crippen LogP contribution in [0.5, 0.6) is 0 Å². The fourth-order valence-corrected chi connectivity index (χ4v) is 2.67. The molecule has 0 fully saturated rings. The standard InChI is InChI=1S/C16H16BrN3/c1-11-7-8-13(17)9-12(11)10-20(2)16-18-14-5-3-4-6-15(14)19-16/h3-9H,10H2,1-2H3,(H,18,19). The Kier molecular flexibility index (Phi) is 3.49. The van der Waals surface area contributed by atoms with Gasteiger partial charge in [-0.2, -0.15) is 0 Å². The number of aromatic nitrogens is 2. The summed E-state index contributed by atoms with van der Waals surface area (Å²) in [6.07, 6.45) is 0. The van der Waals surface area contributed by atoms with Gasteiger partial charge in [-0.15, -0.1) is 0 Å². The van der Waals surface area contributed by atoms with Gasteiger partial charge in [-0.3, -0.25) is 0 Å². The zero-order valence-corrected chi connectivity index (χ0v) is 13.1. The van der Waals surface area contributed by atoms with Gasteiger partial charge >= 0.3 is 0 Å². The first kappa shape index (κ1) is 13.2. The number of imidazole rings is 1. The maximum absolute atomic E-state index is 4.62. The van der Waals surface area contributed by atoms with Crippen molar-refractivity contribution in [2.24, 2.45) is 0 Å². The van der Waals surface area contributed by atoms with Gasteiger partial charge in [0.2, 0.25) is 5.95 Å². The quantitative estimate of drug-likeness (QED) is 0.778. The molecular weight excluding hydrogens is 314 g/mol. The number of hydrogen-bond acceptors (Lipinski definition) is 2. The third-order valence-electron chi connectivity index (χ3n) is 3.46. The molecule has 0 aliphatic rings. The van der Waals surface area contributed by atoms with Crippen LogP contribution in [0.1, 0.15) is 11.1 Å². The van der Waals surface area contributed by atoms with Gasteiger partial charge in [0.05, 0.1) is 11.0 Å². The Balaban J connectivity index is 1.88. The second-order valence-corrected chi connectivity index (χ2v) is 5.92. The molecule has 0 radical (unpaired) electrons. The lowest BCUT2D eigenvalue weighted by molar-refractivity contribution is 0.877. The molecule has 0 saturated heterocycles. The van der Waals surface area contributed by atoms with E-state index in [1.165, 1.54) is 11.1 Å². The van der Waals surface area contributed by atoms with Gasteiger partial charge in [0.1, 0.15) is 0 Å². The van der Waals surface area contributed by atoms with Crippen molar-refractivity contribution < 1.29 is 0 Å². The van der Waals surface area contributed by atoms with Crippen LogP contribution in [0.4, 0.5) is 5.95 Å². The Labute approximate surface area is 126 Å². The van der Waals surface area contributed by atoms with Gasteiger partial charge in [-0.25, -0.2) is 4.98 Å². The molecule has 0 amide bonds. The van der Waals surface area contributed by atoms with E-state index in [1.807, 2.05) is 24.3 Å². The number of anilines is 1. The van der Waals surface area contributed by atoms with E-state index in [0.717, 1.165) is 28.0 Å². The zero-order valence-electron chi connectivity index (χ0n) is 11.5. The van der Waals surface area contributed by atoms with Crippen molar-refractivity contribution in [1.82, 2.24) is 9.97 Å². The SMILES string of the molecule is Cc1ccc(Br)cc1CN(C)c1nc2ccccc2[nH]1. The van der Waals surface area contributed by atoms with Crippen molar-refractivity contribution in [1.29, 1.82) is 0 Å². The van der Waals surface area contributed by atoms with E-state index < -0.39 is 0 Å². The number of H-pyrrole nitrogens is 1. The highest BCUT2D eigenvalue weighted by molar-refractivity contribution is 9.10.